The molecule has 0 aliphatic carbocycles. The average molecular weight is 275 g/mol. The highest BCUT2D eigenvalue weighted by Gasteiger charge is 2.17. The summed E-state index contributed by atoms with van der Waals surface area (Å²) in [5.74, 6) is -0.158. The predicted octanol–water partition coefficient (Wildman–Crippen LogP) is 3.16. The normalized spacial score (nSPS) is 12.7. The van der Waals surface area contributed by atoms with E-state index in [1.165, 1.54) is 6.07 Å². The molecule has 0 amide bonds. The van der Waals surface area contributed by atoms with Crippen LogP contribution in [0.25, 0.3) is 0 Å². The van der Waals surface area contributed by atoms with Crippen LogP contribution in [0.5, 0.6) is 0 Å². The highest BCUT2D eigenvalue weighted by Crippen LogP contribution is 2.22. The highest BCUT2D eigenvalue weighted by molar-refractivity contribution is 5.28. The van der Waals surface area contributed by atoms with Crippen molar-refractivity contribution in [3.8, 4) is 0 Å². The van der Waals surface area contributed by atoms with Crippen molar-refractivity contribution in [3.05, 3.63) is 52.6 Å². The van der Waals surface area contributed by atoms with Gasteiger partial charge in [0.1, 0.15) is 5.82 Å². The van der Waals surface area contributed by atoms with Crippen molar-refractivity contribution in [2.24, 2.45) is 0 Å². The number of nitrogens with zero attached hydrogens (tertiary/aromatic N) is 2. The van der Waals surface area contributed by atoms with Crippen LogP contribution in [-0.4, -0.2) is 16.8 Å². The minimum Gasteiger partial charge on any atom is -0.313 e. The first kappa shape index (κ1) is 14.7. The second kappa shape index (κ2) is 6.18. The van der Waals surface area contributed by atoms with Gasteiger partial charge >= 0.3 is 0 Å². The second-order valence-electron chi connectivity index (χ2n) is 5.16. The van der Waals surface area contributed by atoms with Crippen LogP contribution in [0.2, 0.25) is 0 Å². The zero-order valence-electron chi connectivity index (χ0n) is 12.6. The Morgan fingerprint density at radius 3 is 2.70 bits per heavy atom. The van der Waals surface area contributed by atoms with E-state index >= 15 is 0 Å². The van der Waals surface area contributed by atoms with Gasteiger partial charge in [0.05, 0.1) is 5.69 Å². The fraction of sp³-hybridized carbons (Fsp3) is 0.438. The molecule has 2 aromatic rings. The van der Waals surface area contributed by atoms with Crippen LogP contribution in [0.1, 0.15) is 35.5 Å². The summed E-state index contributed by atoms with van der Waals surface area (Å²) in [4.78, 5) is 0. The first-order chi connectivity index (χ1) is 9.55. The van der Waals surface area contributed by atoms with Gasteiger partial charge in [-0.3, -0.25) is 4.68 Å². The van der Waals surface area contributed by atoms with Crippen LogP contribution in [0, 0.1) is 19.7 Å². The molecule has 0 saturated heterocycles. The SMILES string of the molecule is CCn1nc(C)cc1CC(NC)c1cc(C)ccc1F. The molecule has 0 aliphatic heterocycles. The molecule has 0 radical (unpaired) electrons. The van der Waals surface area contributed by atoms with E-state index in [9.17, 15) is 4.39 Å². The molecule has 0 saturated carbocycles. The van der Waals surface area contributed by atoms with Crippen molar-refractivity contribution < 1.29 is 4.39 Å². The molecular weight excluding hydrogens is 253 g/mol. The molecule has 1 N–H and O–H groups in total. The standard InChI is InChI=1S/C16H22FN3/c1-5-20-13(9-12(3)19-20)10-16(18-4)14-8-11(2)6-7-15(14)17/h6-9,16,18H,5,10H2,1-4H3. The van der Waals surface area contributed by atoms with Crippen LogP contribution < -0.4 is 5.32 Å². The lowest BCUT2D eigenvalue weighted by Crippen LogP contribution is -2.21. The molecule has 0 bridgehead atoms. The van der Waals surface area contributed by atoms with Crippen molar-refractivity contribution in [2.45, 2.75) is 39.8 Å². The van der Waals surface area contributed by atoms with Crippen LogP contribution in [0.15, 0.2) is 24.3 Å². The van der Waals surface area contributed by atoms with Gasteiger partial charge in [-0.2, -0.15) is 5.10 Å². The van der Waals surface area contributed by atoms with Gasteiger partial charge in [0.2, 0.25) is 0 Å². The minimum absolute atomic E-state index is 0.0451. The molecular formula is C16H22FN3. The van der Waals surface area contributed by atoms with Crippen LogP contribution in [0.4, 0.5) is 4.39 Å². The summed E-state index contributed by atoms with van der Waals surface area (Å²) in [6.45, 7) is 6.86. The molecule has 1 aromatic heterocycles. The van der Waals surface area contributed by atoms with Gasteiger partial charge in [-0.05, 0) is 40.0 Å². The number of aryl methyl sites for hydroxylation is 3. The molecule has 20 heavy (non-hydrogen) atoms. The van der Waals surface area contributed by atoms with Gasteiger partial charge in [-0.15, -0.1) is 0 Å². The number of halogens is 1. The monoisotopic (exact) mass is 275 g/mol. The quantitative estimate of drug-likeness (QED) is 0.908. The Hall–Kier alpha value is -1.68. The number of nitrogens with one attached hydrogen (secondary N) is 1. The average Bonchev–Trinajstić information content (AvgIpc) is 2.79. The maximum atomic E-state index is 14.0. The van der Waals surface area contributed by atoms with E-state index in [1.807, 2.05) is 31.6 Å². The fourth-order valence-corrected chi connectivity index (χ4v) is 2.54. The smallest absolute Gasteiger partial charge is 0.128 e. The molecule has 1 unspecified atom stereocenters. The third-order valence-electron chi connectivity index (χ3n) is 3.57. The summed E-state index contributed by atoms with van der Waals surface area (Å²) in [6, 6.07) is 7.28. The van der Waals surface area contributed by atoms with E-state index in [1.54, 1.807) is 6.07 Å². The van der Waals surface area contributed by atoms with E-state index in [2.05, 4.69) is 23.4 Å². The molecule has 108 valence electrons. The topological polar surface area (TPSA) is 29.9 Å². The van der Waals surface area contributed by atoms with Crippen LogP contribution in [0.3, 0.4) is 0 Å². The van der Waals surface area contributed by atoms with Gasteiger partial charge in [0, 0.05) is 30.3 Å². The Kier molecular flexibility index (Phi) is 4.55. The number of rotatable bonds is 5. The third kappa shape index (κ3) is 3.07. The summed E-state index contributed by atoms with van der Waals surface area (Å²) < 4.78 is 16.0. The summed E-state index contributed by atoms with van der Waals surface area (Å²) >= 11 is 0. The molecule has 1 atom stereocenters. The van der Waals surface area contributed by atoms with Crippen molar-refractivity contribution >= 4 is 0 Å². The number of benzene rings is 1. The highest BCUT2D eigenvalue weighted by atomic mass is 19.1. The van der Waals surface area contributed by atoms with Crippen molar-refractivity contribution in [1.82, 2.24) is 15.1 Å². The van der Waals surface area contributed by atoms with Crippen molar-refractivity contribution in [3.63, 3.8) is 0 Å². The van der Waals surface area contributed by atoms with E-state index in [0.29, 0.717) is 5.56 Å². The van der Waals surface area contributed by atoms with Gasteiger partial charge < -0.3 is 5.32 Å². The molecule has 0 spiro atoms. The van der Waals surface area contributed by atoms with Crippen molar-refractivity contribution in [1.29, 1.82) is 0 Å². The summed E-state index contributed by atoms with van der Waals surface area (Å²) in [6.07, 6.45) is 0.728. The maximum absolute atomic E-state index is 14.0. The van der Waals surface area contributed by atoms with Gasteiger partial charge in [-0.1, -0.05) is 17.7 Å². The Bertz CT molecular complexity index is 589. The van der Waals surface area contributed by atoms with E-state index < -0.39 is 0 Å². The Morgan fingerprint density at radius 1 is 1.30 bits per heavy atom. The molecule has 1 heterocycles. The number of hydrogen-bond acceptors (Lipinski definition) is 2. The lowest BCUT2D eigenvalue weighted by Gasteiger charge is -2.18. The van der Waals surface area contributed by atoms with Crippen molar-refractivity contribution in [2.75, 3.05) is 7.05 Å². The Balaban J connectivity index is 2.30. The lowest BCUT2D eigenvalue weighted by atomic mass is 9.99. The van der Waals surface area contributed by atoms with Crippen LogP contribution >= 0.6 is 0 Å². The predicted molar refractivity (Wildman–Crippen MR) is 79.3 cm³/mol. The molecule has 0 aliphatic rings. The summed E-state index contributed by atoms with van der Waals surface area (Å²) in [5, 5.41) is 7.66. The summed E-state index contributed by atoms with van der Waals surface area (Å²) in [5.41, 5.74) is 3.92. The molecule has 3 nitrogen and oxygen atoms in total. The first-order valence-electron chi connectivity index (χ1n) is 7.01. The lowest BCUT2D eigenvalue weighted by molar-refractivity contribution is 0.510. The molecule has 1 aromatic carbocycles. The largest absolute Gasteiger partial charge is 0.313 e. The minimum atomic E-state index is -0.158. The van der Waals surface area contributed by atoms with E-state index in [0.717, 1.165) is 29.9 Å². The number of hydrogen-bond donors (Lipinski definition) is 1. The molecule has 4 heteroatoms. The number of aromatic nitrogens is 2. The molecule has 0 fully saturated rings. The Labute approximate surface area is 119 Å². The van der Waals surface area contributed by atoms with Gasteiger partial charge in [-0.25, -0.2) is 4.39 Å². The Morgan fingerprint density at radius 2 is 2.05 bits per heavy atom. The maximum Gasteiger partial charge on any atom is 0.128 e. The van der Waals surface area contributed by atoms with Gasteiger partial charge in [0.15, 0.2) is 0 Å². The summed E-state index contributed by atoms with van der Waals surface area (Å²) in [7, 11) is 1.87. The number of likely N-dealkylation sites (N-methyl/N-ethyl adjacent to an activating group) is 1. The zero-order valence-corrected chi connectivity index (χ0v) is 12.6. The van der Waals surface area contributed by atoms with Crippen LogP contribution in [-0.2, 0) is 13.0 Å². The van der Waals surface area contributed by atoms with Gasteiger partial charge in [0.25, 0.3) is 0 Å². The molecule has 2 rings (SSSR count). The zero-order chi connectivity index (χ0) is 14.7. The fourth-order valence-electron chi connectivity index (χ4n) is 2.54. The third-order valence-corrected chi connectivity index (χ3v) is 3.57. The first-order valence-corrected chi connectivity index (χ1v) is 7.01. The second-order valence-corrected chi connectivity index (χ2v) is 5.16. The van der Waals surface area contributed by atoms with E-state index in [-0.39, 0.29) is 11.9 Å². The van der Waals surface area contributed by atoms with E-state index in [4.69, 9.17) is 0 Å².